The number of furan rings is 1. The van der Waals surface area contributed by atoms with Gasteiger partial charge in [0.25, 0.3) is 5.91 Å². The third-order valence-electron chi connectivity index (χ3n) is 2.33. The van der Waals surface area contributed by atoms with E-state index in [-0.39, 0.29) is 11.9 Å². The Hall–Kier alpha value is -2.17. The van der Waals surface area contributed by atoms with E-state index in [1.165, 1.54) is 18.6 Å². The molecule has 2 aromatic heterocycles. The van der Waals surface area contributed by atoms with Gasteiger partial charge in [-0.1, -0.05) is 0 Å². The minimum Gasteiger partial charge on any atom is -0.464 e. The molecule has 0 bridgehead atoms. The van der Waals surface area contributed by atoms with Crippen LogP contribution in [0.3, 0.4) is 0 Å². The molecule has 0 fully saturated rings. The summed E-state index contributed by atoms with van der Waals surface area (Å²) in [6.45, 7) is 3.72. The Morgan fingerprint density at radius 3 is 2.82 bits per heavy atom. The zero-order valence-electron chi connectivity index (χ0n) is 9.68. The molecule has 1 amide bonds. The van der Waals surface area contributed by atoms with Crippen molar-refractivity contribution in [1.29, 1.82) is 0 Å². The molecule has 2 rings (SSSR count). The van der Waals surface area contributed by atoms with Crippen molar-refractivity contribution in [2.45, 2.75) is 19.9 Å². The fourth-order valence-electron chi connectivity index (χ4n) is 1.44. The normalized spacial score (nSPS) is 12.1. The van der Waals surface area contributed by atoms with Crippen LogP contribution in [0.1, 0.15) is 35.0 Å². The van der Waals surface area contributed by atoms with E-state index in [0.717, 1.165) is 11.5 Å². The summed E-state index contributed by atoms with van der Waals surface area (Å²) in [6, 6.07) is 3.51. The maximum Gasteiger partial charge on any atom is 0.272 e. The van der Waals surface area contributed by atoms with Crippen LogP contribution in [0.5, 0.6) is 0 Å². The van der Waals surface area contributed by atoms with Crippen molar-refractivity contribution in [2.75, 3.05) is 0 Å². The van der Waals surface area contributed by atoms with Gasteiger partial charge in [-0.15, -0.1) is 0 Å². The first-order valence-electron chi connectivity index (χ1n) is 5.30. The molecule has 0 saturated heterocycles. The summed E-state index contributed by atoms with van der Waals surface area (Å²) in [7, 11) is 0. The van der Waals surface area contributed by atoms with E-state index in [9.17, 15) is 4.79 Å². The number of carbonyl (C=O) groups is 1. The highest BCUT2D eigenvalue weighted by Crippen LogP contribution is 2.15. The van der Waals surface area contributed by atoms with E-state index in [2.05, 4.69) is 15.3 Å². The van der Waals surface area contributed by atoms with Crippen LogP contribution in [-0.4, -0.2) is 15.9 Å². The zero-order valence-corrected chi connectivity index (χ0v) is 9.68. The van der Waals surface area contributed by atoms with Crippen LogP contribution in [0.15, 0.2) is 35.1 Å². The molecule has 2 aromatic rings. The number of rotatable bonds is 3. The minimum absolute atomic E-state index is 0.196. The molecule has 88 valence electrons. The molecule has 2 heterocycles. The number of hydrogen-bond acceptors (Lipinski definition) is 4. The molecule has 0 aliphatic carbocycles. The molecule has 5 heteroatoms. The maximum atomic E-state index is 11.8. The van der Waals surface area contributed by atoms with Gasteiger partial charge in [0.2, 0.25) is 0 Å². The van der Waals surface area contributed by atoms with Gasteiger partial charge in [-0.2, -0.15) is 0 Å². The third-order valence-corrected chi connectivity index (χ3v) is 2.33. The van der Waals surface area contributed by atoms with Gasteiger partial charge in [-0.05, 0) is 26.0 Å². The summed E-state index contributed by atoms with van der Waals surface area (Å²) in [5.74, 6) is 1.28. The fourth-order valence-corrected chi connectivity index (χ4v) is 1.44. The molecular formula is C12H13N3O2. The predicted molar refractivity (Wildman–Crippen MR) is 61.4 cm³/mol. The second-order valence-electron chi connectivity index (χ2n) is 3.73. The van der Waals surface area contributed by atoms with E-state index >= 15 is 0 Å². The van der Waals surface area contributed by atoms with Gasteiger partial charge in [-0.3, -0.25) is 9.78 Å². The number of aromatic nitrogens is 2. The van der Waals surface area contributed by atoms with E-state index in [1.54, 1.807) is 0 Å². The molecular weight excluding hydrogens is 218 g/mol. The highest BCUT2D eigenvalue weighted by molar-refractivity contribution is 5.92. The maximum absolute atomic E-state index is 11.8. The summed E-state index contributed by atoms with van der Waals surface area (Å²) in [5, 5.41) is 2.79. The van der Waals surface area contributed by atoms with Gasteiger partial charge in [0.05, 0.1) is 12.2 Å². The lowest BCUT2D eigenvalue weighted by atomic mass is 10.2. The van der Waals surface area contributed by atoms with Gasteiger partial charge in [0.1, 0.15) is 17.2 Å². The molecule has 1 N–H and O–H groups in total. The molecule has 0 radical (unpaired) electrons. The molecule has 1 unspecified atom stereocenters. The largest absolute Gasteiger partial charge is 0.464 e. The highest BCUT2D eigenvalue weighted by atomic mass is 16.3. The Morgan fingerprint density at radius 1 is 1.41 bits per heavy atom. The number of amides is 1. The number of carbonyl (C=O) groups excluding carboxylic acids is 1. The number of nitrogens with zero attached hydrogens (tertiary/aromatic N) is 2. The molecule has 1 atom stereocenters. The Labute approximate surface area is 98.9 Å². The first-order valence-corrected chi connectivity index (χ1v) is 5.30. The van der Waals surface area contributed by atoms with Crippen molar-refractivity contribution in [1.82, 2.24) is 15.3 Å². The molecule has 0 aromatic carbocycles. The van der Waals surface area contributed by atoms with Gasteiger partial charge >= 0.3 is 0 Å². The molecule has 17 heavy (non-hydrogen) atoms. The number of nitrogens with one attached hydrogen (secondary N) is 1. The third kappa shape index (κ3) is 2.69. The van der Waals surface area contributed by atoms with Gasteiger partial charge in [-0.25, -0.2) is 4.98 Å². The van der Waals surface area contributed by atoms with Gasteiger partial charge in [0.15, 0.2) is 0 Å². The lowest BCUT2D eigenvalue weighted by molar-refractivity contribution is 0.0929. The highest BCUT2D eigenvalue weighted by Gasteiger charge is 2.14. The average molecular weight is 231 g/mol. The smallest absolute Gasteiger partial charge is 0.272 e. The summed E-state index contributed by atoms with van der Waals surface area (Å²) >= 11 is 0. The summed E-state index contributed by atoms with van der Waals surface area (Å²) in [6.07, 6.45) is 4.43. The van der Waals surface area contributed by atoms with Crippen molar-refractivity contribution >= 4 is 5.91 Å². The van der Waals surface area contributed by atoms with Crippen molar-refractivity contribution in [3.05, 3.63) is 47.9 Å². The Kier molecular flexibility index (Phi) is 3.18. The van der Waals surface area contributed by atoms with Crippen molar-refractivity contribution in [3.63, 3.8) is 0 Å². The summed E-state index contributed by atoms with van der Waals surface area (Å²) < 4.78 is 5.43. The number of aryl methyl sites for hydroxylation is 1. The molecule has 0 aliphatic rings. The molecule has 0 aliphatic heterocycles. The monoisotopic (exact) mass is 231 g/mol. The minimum atomic E-state index is -0.264. The van der Waals surface area contributed by atoms with Crippen LogP contribution < -0.4 is 5.32 Å². The lowest BCUT2D eigenvalue weighted by Gasteiger charge is -2.10. The second kappa shape index (κ2) is 4.78. The van der Waals surface area contributed by atoms with Crippen LogP contribution in [-0.2, 0) is 0 Å². The van der Waals surface area contributed by atoms with Crippen molar-refractivity contribution in [3.8, 4) is 0 Å². The van der Waals surface area contributed by atoms with Crippen molar-refractivity contribution < 1.29 is 9.21 Å². The zero-order chi connectivity index (χ0) is 12.3. The molecule has 0 spiro atoms. The van der Waals surface area contributed by atoms with Crippen LogP contribution in [0.4, 0.5) is 0 Å². The Morgan fingerprint density at radius 2 is 2.24 bits per heavy atom. The Balaban J connectivity index is 2.04. The SMILES string of the molecule is Cc1ccc(C(C)NC(=O)c2cnccn2)o1. The van der Waals surface area contributed by atoms with Crippen LogP contribution >= 0.6 is 0 Å². The van der Waals surface area contributed by atoms with Gasteiger partial charge < -0.3 is 9.73 Å². The quantitative estimate of drug-likeness (QED) is 0.875. The first-order chi connectivity index (χ1) is 8.16. The van der Waals surface area contributed by atoms with Crippen LogP contribution in [0, 0.1) is 6.92 Å². The summed E-state index contributed by atoms with van der Waals surface area (Å²) in [5.41, 5.74) is 0.294. The van der Waals surface area contributed by atoms with Gasteiger partial charge in [0, 0.05) is 12.4 Å². The topological polar surface area (TPSA) is 68.0 Å². The van der Waals surface area contributed by atoms with E-state index < -0.39 is 0 Å². The summed E-state index contributed by atoms with van der Waals surface area (Å²) in [4.78, 5) is 19.5. The first kappa shape index (κ1) is 11.3. The predicted octanol–water partition coefficient (Wildman–Crippen LogP) is 1.87. The molecule has 0 saturated carbocycles. The second-order valence-corrected chi connectivity index (χ2v) is 3.73. The Bertz CT molecular complexity index is 507. The number of hydrogen-bond donors (Lipinski definition) is 1. The average Bonchev–Trinajstić information content (AvgIpc) is 2.77. The standard InChI is InChI=1S/C12H13N3O2/c1-8-3-4-11(17-8)9(2)15-12(16)10-7-13-5-6-14-10/h3-7,9H,1-2H3,(H,15,16). The van der Waals surface area contributed by atoms with E-state index in [1.807, 2.05) is 26.0 Å². The van der Waals surface area contributed by atoms with E-state index in [4.69, 9.17) is 4.42 Å². The lowest BCUT2D eigenvalue weighted by Crippen LogP contribution is -2.27. The molecule has 5 nitrogen and oxygen atoms in total. The van der Waals surface area contributed by atoms with Crippen LogP contribution in [0.25, 0.3) is 0 Å². The fraction of sp³-hybridized carbons (Fsp3) is 0.250. The van der Waals surface area contributed by atoms with Crippen LogP contribution in [0.2, 0.25) is 0 Å². The van der Waals surface area contributed by atoms with E-state index in [0.29, 0.717) is 5.69 Å². The van der Waals surface area contributed by atoms with Crippen molar-refractivity contribution in [2.24, 2.45) is 0 Å².